The molecular formula is C18H14NO2. The molecule has 1 aliphatic rings. The summed E-state index contributed by atoms with van der Waals surface area (Å²) in [6, 6.07) is 17.0. The maximum atomic E-state index is 10.9. The summed E-state index contributed by atoms with van der Waals surface area (Å²) in [6.07, 6.45) is 4.65. The molecule has 3 nitrogen and oxygen atoms in total. The average molecular weight is 276 g/mol. The zero-order valence-corrected chi connectivity index (χ0v) is 11.4. The lowest BCUT2D eigenvalue weighted by atomic mass is 10.0. The average Bonchev–Trinajstić information content (AvgIpc) is 3.26. The van der Waals surface area contributed by atoms with Gasteiger partial charge in [-0.25, -0.2) is 4.79 Å². The van der Waals surface area contributed by atoms with Crippen LogP contribution in [0.4, 0.5) is 0 Å². The molecule has 103 valence electrons. The molecule has 0 unspecified atom stereocenters. The van der Waals surface area contributed by atoms with E-state index >= 15 is 0 Å². The molecule has 0 aliphatic heterocycles. The highest BCUT2D eigenvalue weighted by Crippen LogP contribution is 2.39. The summed E-state index contributed by atoms with van der Waals surface area (Å²) >= 11 is 0. The predicted molar refractivity (Wildman–Crippen MR) is 81.4 cm³/mol. The van der Waals surface area contributed by atoms with Gasteiger partial charge in [0.1, 0.15) is 0 Å². The quantitative estimate of drug-likeness (QED) is 0.781. The number of fused-ring (bicyclic) bond motifs is 1. The molecule has 1 radical (unpaired) electrons. The smallest absolute Gasteiger partial charge is 0.335 e. The van der Waals surface area contributed by atoms with Gasteiger partial charge in [-0.05, 0) is 60.4 Å². The van der Waals surface area contributed by atoms with Gasteiger partial charge in [-0.15, -0.1) is 0 Å². The van der Waals surface area contributed by atoms with Gasteiger partial charge in [0.25, 0.3) is 0 Å². The number of hydrogen-bond acceptors (Lipinski definition) is 1. The van der Waals surface area contributed by atoms with Gasteiger partial charge >= 0.3 is 5.97 Å². The zero-order valence-electron chi connectivity index (χ0n) is 11.4. The summed E-state index contributed by atoms with van der Waals surface area (Å²) in [7, 11) is 0. The highest BCUT2D eigenvalue weighted by molar-refractivity contribution is 5.96. The van der Waals surface area contributed by atoms with E-state index in [1.165, 1.54) is 23.7 Å². The molecule has 0 saturated heterocycles. The van der Waals surface area contributed by atoms with Gasteiger partial charge in [-0.2, -0.15) is 0 Å². The van der Waals surface area contributed by atoms with Crippen LogP contribution in [0.1, 0.15) is 29.2 Å². The van der Waals surface area contributed by atoms with Crippen LogP contribution in [0.3, 0.4) is 0 Å². The molecule has 0 amide bonds. The molecule has 21 heavy (non-hydrogen) atoms. The monoisotopic (exact) mass is 276 g/mol. The number of nitrogens with zero attached hydrogens (tertiary/aromatic N) is 1. The minimum absolute atomic E-state index is 0.311. The third-order valence-corrected chi connectivity index (χ3v) is 4.08. The highest BCUT2D eigenvalue weighted by Gasteiger charge is 2.24. The van der Waals surface area contributed by atoms with Crippen molar-refractivity contribution in [2.45, 2.75) is 18.9 Å². The number of carbonyl (C=O) groups is 1. The van der Waals surface area contributed by atoms with E-state index in [0.717, 1.165) is 11.1 Å². The molecule has 3 aromatic rings. The second-order valence-corrected chi connectivity index (χ2v) is 5.50. The van der Waals surface area contributed by atoms with E-state index in [-0.39, 0.29) is 0 Å². The molecule has 0 spiro atoms. The van der Waals surface area contributed by atoms with Gasteiger partial charge < -0.3 is 9.67 Å². The first kappa shape index (κ1) is 12.2. The highest BCUT2D eigenvalue weighted by atomic mass is 16.4. The number of rotatable bonds is 3. The Bertz CT molecular complexity index is 826. The van der Waals surface area contributed by atoms with Crippen molar-refractivity contribution in [3.05, 3.63) is 60.3 Å². The summed E-state index contributed by atoms with van der Waals surface area (Å²) < 4.78 is 2.32. The van der Waals surface area contributed by atoms with Crippen molar-refractivity contribution in [1.29, 1.82) is 0 Å². The van der Waals surface area contributed by atoms with Crippen molar-refractivity contribution < 1.29 is 9.90 Å². The Morgan fingerprint density at radius 3 is 2.57 bits per heavy atom. The summed E-state index contributed by atoms with van der Waals surface area (Å²) in [4.78, 5) is 10.9. The van der Waals surface area contributed by atoms with Gasteiger partial charge in [-0.1, -0.05) is 12.1 Å². The number of carboxylic acid groups (broad SMARTS) is 1. The Morgan fingerprint density at radius 2 is 1.90 bits per heavy atom. The van der Waals surface area contributed by atoms with E-state index in [0.29, 0.717) is 11.6 Å². The summed E-state index contributed by atoms with van der Waals surface area (Å²) in [5.41, 5.74) is 3.64. The number of benzene rings is 2. The largest absolute Gasteiger partial charge is 0.478 e. The standard InChI is InChI=1S/C18H14NO2/c20-18(21)13-6-4-12(5-7-13)15-2-1-3-17-16(15)10-11-19(17)14-8-9-14/h2-7,10-11,14H,8-9H2,(H,20,21). The molecule has 0 atom stereocenters. The Morgan fingerprint density at radius 1 is 1.14 bits per heavy atom. The van der Waals surface area contributed by atoms with Crippen LogP contribution in [0.5, 0.6) is 0 Å². The zero-order chi connectivity index (χ0) is 14.4. The van der Waals surface area contributed by atoms with E-state index in [2.05, 4.69) is 22.9 Å². The number of aromatic nitrogens is 1. The molecule has 2 aromatic carbocycles. The van der Waals surface area contributed by atoms with E-state index in [1.807, 2.05) is 24.3 Å². The number of carboxylic acids is 1. The first-order valence-electron chi connectivity index (χ1n) is 7.08. The van der Waals surface area contributed by atoms with Crippen LogP contribution in [0.25, 0.3) is 22.0 Å². The maximum absolute atomic E-state index is 10.9. The topological polar surface area (TPSA) is 42.2 Å². The number of aromatic carboxylic acids is 1. The van der Waals surface area contributed by atoms with E-state index in [9.17, 15) is 4.79 Å². The normalized spacial score (nSPS) is 14.5. The van der Waals surface area contributed by atoms with Crippen molar-refractivity contribution in [1.82, 2.24) is 4.57 Å². The van der Waals surface area contributed by atoms with Gasteiger partial charge in [0.15, 0.2) is 0 Å². The Labute approximate surface area is 122 Å². The van der Waals surface area contributed by atoms with E-state index in [1.54, 1.807) is 12.1 Å². The van der Waals surface area contributed by atoms with Crippen LogP contribution < -0.4 is 0 Å². The van der Waals surface area contributed by atoms with Crippen LogP contribution in [-0.4, -0.2) is 15.6 Å². The third kappa shape index (κ3) is 2.02. The minimum Gasteiger partial charge on any atom is -0.478 e. The number of hydrogen-bond donors (Lipinski definition) is 1. The Balaban J connectivity index is 1.84. The molecule has 1 N–H and O–H groups in total. The molecule has 1 saturated carbocycles. The summed E-state index contributed by atoms with van der Waals surface area (Å²) in [5.74, 6) is -0.897. The molecule has 1 aliphatic carbocycles. The fourth-order valence-corrected chi connectivity index (χ4v) is 2.82. The first-order valence-corrected chi connectivity index (χ1v) is 7.08. The minimum atomic E-state index is -0.897. The van der Waals surface area contributed by atoms with E-state index in [4.69, 9.17) is 5.11 Å². The van der Waals surface area contributed by atoms with Crippen LogP contribution in [-0.2, 0) is 0 Å². The molecule has 4 rings (SSSR count). The lowest BCUT2D eigenvalue weighted by Crippen LogP contribution is -1.95. The van der Waals surface area contributed by atoms with Crippen LogP contribution in [0.15, 0.2) is 48.7 Å². The van der Waals surface area contributed by atoms with Crippen LogP contribution in [0, 0.1) is 6.07 Å². The first-order chi connectivity index (χ1) is 10.2. The van der Waals surface area contributed by atoms with Crippen LogP contribution >= 0.6 is 0 Å². The fraction of sp³-hybridized carbons (Fsp3) is 0.167. The third-order valence-electron chi connectivity index (χ3n) is 4.08. The molecule has 1 fully saturated rings. The van der Waals surface area contributed by atoms with Gasteiger partial charge in [0, 0.05) is 23.1 Å². The Kier molecular flexibility index (Phi) is 2.61. The lowest BCUT2D eigenvalue weighted by molar-refractivity contribution is 0.0697. The molecule has 3 heteroatoms. The van der Waals surface area contributed by atoms with E-state index < -0.39 is 5.97 Å². The fourth-order valence-electron chi connectivity index (χ4n) is 2.82. The summed E-state index contributed by atoms with van der Waals surface area (Å²) in [5, 5.41) is 10.2. The van der Waals surface area contributed by atoms with Crippen molar-refractivity contribution >= 4 is 16.9 Å². The maximum Gasteiger partial charge on any atom is 0.335 e. The molecular weight excluding hydrogens is 262 g/mol. The van der Waals surface area contributed by atoms with Gasteiger partial charge in [0.05, 0.1) is 5.56 Å². The van der Waals surface area contributed by atoms with Crippen molar-refractivity contribution in [2.75, 3.05) is 0 Å². The van der Waals surface area contributed by atoms with Gasteiger partial charge in [-0.3, -0.25) is 0 Å². The predicted octanol–water partition coefficient (Wildman–Crippen LogP) is 4.14. The Hall–Kier alpha value is -2.55. The lowest BCUT2D eigenvalue weighted by Gasteiger charge is -2.06. The SMILES string of the molecule is O=C(O)c1ccc(-c2c[c]cc3c2ccn3C2CC2)cc1. The molecule has 1 heterocycles. The molecule has 0 bridgehead atoms. The second kappa shape index (κ2) is 4.48. The van der Waals surface area contributed by atoms with Crippen molar-refractivity contribution in [3.8, 4) is 11.1 Å². The van der Waals surface area contributed by atoms with Crippen molar-refractivity contribution in [2.24, 2.45) is 0 Å². The van der Waals surface area contributed by atoms with Gasteiger partial charge in [0.2, 0.25) is 0 Å². The van der Waals surface area contributed by atoms with Crippen LogP contribution in [0.2, 0.25) is 0 Å². The van der Waals surface area contributed by atoms with Crippen molar-refractivity contribution in [3.63, 3.8) is 0 Å². The summed E-state index contributed by atoms with van der Waals surface area (Å²) in [6.45, 7) is 0. The second-order valence-electron chi connectivity index (χ2n) is 5.50. The molecule has 1 aromatic heterocycles.